The maximum absolute atomic E-state index is 13.7. The molecular weight excluding hydrogens is 478 g/mol. The minimum Gasteiger partial charge on any atom is -0.489 e. The fourth-order valence-corrected chi connectivity index (χ4v) is 5.83. The Morgan fingerprint density at radius 2 is 2.03 bits per heavy atom. The summed E-state index contributed by atoms with van der Waals surface area (Å²) in [6, 6.07) is 11.4. The monoisotopic (exact) mass is 505 g/mol. The van der Waals surface area contributed by atoms with Crippen molar-refractivity contribution >= 4 is 29.1 Å². The molecule has 3 aromatic rings. The largest absolute Gasteiger partial charge is 0.489 e. The van der Waals surface area contributed by atoms with Crippen molar-refractivity contribution in [1.82, 2.24) is 20.0 Å². The van der Waals surface area contributed by atoms with E-state index in [1.165, 1.54) is 5.56 Å². The fraction of sp³-hybridized carbons (Fsp3) is 0.370. The second-order valence-corrected chi connectivity index (χ2v) is 10.1. The first kappa shape index (κ1) is 23.1. The molecule has 2 amide bonds. The van der Waals surface area contributed by atoms with Crippen LogP contribution in [0.1, 0.15) is 38.3 Å². The summed E-state index contributed by atoms with van der Waals surface area (Å²) in [5.74, 6) is 0.251. The molecule has 0 radical (unpaired) electrons. The van der Waals surface area contributed by atoms with Crippen LogP contribution in [0.2, 0.25) is 5.15 Å². The van der Waals surface area contributed by atoms with Crippen molar-refractivity contribution in [3.05, 3.63) is 75.1 Å². The number of nitrogens with zero attached hydrogens (tertiary/aromatic N) is 4. The highest BCUT2D eigenvalue weighted by Gasteiger charge is 2.41. The number of carbonyl (C=O) groups is 2. The Hall–Kier alpha value is -3.36. The molecule has 6 rings (SSSR count). The number of hydrogen-bond acceptors (Lipinski definition) is 5. The van der Waals surface area contributed by atoms with E-state index in [4.69, 9.17) is 16.3 Å². The van der Waals surface area contributed by atoms with Gasteiger partial charge in [-0.25, -0.2) is 4.68 Å². The van der Waals surface area contributed by atoms with Gasteiger partial charge in [-0.05, 0) is 49.1 Å². The lowest BCUT2D eigenvalue weighted by atomic mass is 9.97. The van der Waals surface area contributed by atoms with Gasteiger partial charge in [-0.1, -0.05) is 47.5 Å². The molecule has 0 unspecified atom stereocenters. The highest BCUT2D eigenvalue weighted by atomic mass is 35.5. The molecule has 0 bridgehead atoms. The van der Waals surface area contributed by atoms with Gasteiger partial charge in [0, 0.05) is 25.7 Å². The Morgan fingerprint density at radius 3 is 2.86 bits per heavy atom. The third-order valence-electron chi connectivity index (χ3n) is 7.40. The molecule has 1 atom stereocenters. The van der Waals surface area contributed by atoms with Gasteiger partial charge in [0.05, 0.1) is 12.2 Å². The van der Waals surface area contributed by atoms with Gasteiger partial charge in [0.15, 0.2) is 5.69 Å². The minimum absolute atomic E-state index is 0.103. The molecule has 36 heavy (non-hydrogen) atoms. The average Bonchev–Trinajstić information content (AvgIpc) is 3.13. The third kappa shape index (κ3) is 3.76. The van der Waals surface area contributed by atoms with Gasteiger partial charge in [-0.15, -0.1) is 0 Å². The highest BCUT2D eigenvalue weighted by molar-refractivity contribution is 6.31. The molecule has 0 aliphatic carbocycles. The first-order valence-corrected chi connectivity index (χ1v) is 12.7. The second-order valence-electron chi connectivity index (χ2n) is 9.71. The molecule has 8 nitrogen and oxygen atoms in total. The van der Waals surface area contributed by atoms with Crippen molar-refractivity contribution in [2.45, 2.75) is 38.9 Å². The SMILES string of the molecule is Cc1cccc(Cn2nc3c(c2Cl)CCN([C@H]2COc4ccc5c(c4N(C)C2=O)CCNC5)C3=O)c1. The van der Waals surface area contributed by atoms with Crippen LogP contribution in [0.15, 0.2) is 36.4 Å². The molecular formula is C27H28ClN5O3. The van der Waals surface area contributed by atoms with E-state index in [1.807, 2.05) is 31.2 Å². The molecule has 0 saturated heterocycles. The van der Waals surface area contributed by atoms with E-state index in [-0.39, 0.29) is 18.4 Å². The summed E-state index contributed by atoms with van der Waals surface area (Å²) in [6.07, 6.45) is 1.36. The average molecular weight is 506 g/mol. The molecule has 3 aliphatic heterocycles. The number of halogens is 1. The number of anilines is 1. The van der Waals surface area contributed by atoms with Crippen LogP contribution in [0.25, 0.3) is 0 Å². The molecule has 3 aliphatic rings. The number of amides is 2. The Labute approximate surface area is 214 Å². The third-order valence-corrected chi connectivity index (χ3v) is 7.82. The topological polar surface area (TPSA) is 79.7 Å². The van der Waals surface area contributed by atoms with Crippen molar-refractivity contribution in [1.29, 1.82) is 0 Å². The van der Waals surface area contributed by atoms with Crippen LogP contribution in [-0.2, 0) is 30.7 Å². The van der Waals surface area contributed by atoms with Crippen molar-refractivity contribution in [3.8, 4) is 5.75 Å². The Morgan fingerprint density at radius 1 is 1.17 bits per heavy atom. The van der Waals surface area contributed by atoms with Gasteiger partial charge in [0.1, 0.15) is 23.6 Å². The van der Waals surface area contributed by atoms with Gasteiger partial charge in [-0.2, -0.15) is 5.10 Å². The highest BCUT2D eigenvalue weighted by Crippen LogP contribution is 2.38. The predicted octanol–water partition coefficient (Wildman–Crippen LogP) is 2.96. The zero-order valence-electron chi connectivity index (χ0n) is 20.4. The molecule has 1 aromatic heterocycles. The maximum Gasteiger partial charge on any atom is 0.275 e. The molecule has 186 valence electrons. The molecule has 4 heterocycles. The molecule has 0 saturated carbocycles. The van der Waals surface area contributed by atoms with E-state index in [0.29, 0.717) is 36.1 Å². The van der Waals surface area contributed by atoms with Crippen LogP contribution in [0.5, 0.6) is 5.75 Å². The summed E-state index contributed by atoms with van der Waals surface area (Å²) < 4.78 is 7.82. The maximum atomic E-state index is 13.7. The smallest absolute Gasteiger partial charge is 0.275 e. The molecule has 0 fully saturated rings. The zero-order chi connectivity index (χ0) is 25.0. The fourth-order valence-electron chi connectivity index (χ4n) is 5.55. The van der Waals surface area contributed by atoms with E-state index >= 15 is 0 Å². The summed E-state index contributed by atoms with van der Waals surface area (Å²) in [6.45, 7) is 4.63. The number of aryl methyl sites for hydroxylation is 1. The van der Waals surface area contributed by atoms with E-state index < -0.39 is 6.04 Å². The number of aromatic nitrogens is 2. The van der Waals surface area contributed by atoms with Gasteiger partial charge in [0.25, 0.3) is 11.8 Å². The molecule has 1 N–H and O–H groups in total. The number of rotatable bonds is 3. The number of likely N-dealkylation sites (N-methyl/N-ethyl adjacent to an activating group) is 1. The van der Waals surface area contributed by atoms with Crippen molar-refractivity contribution in [2.75, 3.05) is 31.6 Å². The van der Waals surface area contributed by atoms with E-state index in [2.05, 4.69) is 22.5 Å². The Bertz CT molecular complexity index is 1380. The van der Waals surface area contributed by atoms with Gasteiger partial charge >= 0.3 is 0 Å². The summed E-state index contributed by atoms with van der Waals surface area (Å²) >= 11 is 6.66. The van der Waals surface area contributed by atoms with E-state index in [0.717, 1.165) is 47.5 Å². The minimum atomic E-state index is -0.735. The molecule has 2 aromatic carbocycles. The van der Waals surface area contributed by atoms with Crippen LogP contribution in [0.4, 0.5) is 5.69 Å². The molecule has 0 spiro atoms. The second kappa shape index (κ2) is 8.94. The lowest BCUT2D eigenvalue weighted by molar-refractivity contribution is -0.123. The summed E-state index contributed by atoms with van der Waals surface area (Å²) in [5, 5.41) is 8.44. The quantitative estimate of drug-likeness (QED) is 0.592. The summed E-state index contributed by atoms with van der Waals surface area (Å²) in [4.78, 5) is 30.6. The first-order valence-electron chi connectivity index (χ1n) is 12.3. The Balaban J connectivity index is 1.28. The zero-order valence-corrected chi connectivity index (χ0v) is 21.1. The number of fused-ring (bicyclic) bond motifs is 4. The predicted molar refractivity (Wildman–Crippen MR) is 137 cm³/mol. The van der Waals surface area contributed by atoms with E-state index in [9.17, 15) is 9.59 Å². The summed E-state index contributed by atoms with van der Waals surface area (Å²) in [7, 11) is 1.78. The number of carbonyl (C=O) groups excluding carboxylic acids is 2. The van der Waals surface area contributed by atoms with Crippen LogP contribution in [0.3, 0.4) is 0 Å². The van der Waals surface area contributed by atoms with Crippen molar-refractivity contribution < 1.29 is 14.3 Å². The van der Waals surface area contributed by atoms with Crippen molar-refractivity contribution in [3.63, 3.8) is 0 Å². The van der Waals surface area contributed by atoms with Gasteiger partial charge in [-0.3, -0.25) is 9.59 Å². The number of hydrogen-bond donors (Lipinski definition) is 1. The summed E-state index contributed by atoms with van der Waals surface area (Å²) in [5.41, 5.74) is 6.40. The lowest BCUT2D eigenvalue weighted by Gasteiger charge is -2.33. The Kier molecular flexibility index (Phi) is 5.73. The number of nitrogens with one attached hydrogen (secondary N) is 1. The van der Waals surface area contributed by atoms with Gasteiger partial charge < -0.3 is 19.9 Å². The van der Waals surface area contributed by atoms with Crippen LogP contribution >= 0.6 is 11.6 Å². The van der Waals surface area contributed by atoms with Crippen LogP contribution in [0, 0.1) is 6.92 Å². The number of ether oxygens (including phenoxy) is 1. The van der Waals surface area contributed by atoms with Crippen molar-refractivity contribution in [2.24, 2.45) is 0 Å². The standard InChI is InChI=1S/C27H28ClN5O3/c1-16-4-3-5-17(12-16)14-33-25(28)20-9-11-32(27(35)23(20)30-33)21-15-36-22-7-6-18-13-29-10-8-19(18)24(22)31(2)26(21)34/h3-7,12,21,29H,8-11,13-15H2,1-2H3/t21-/m0/s1. The molecule has 9 heteroatoms. The van der Waals surface area contributed by atoms with Crippen LogP contribution in [-0.4, -0.2) is 59.3 Å². The number of benzene rings is 2. The first-order chi connectivity index (χ1) is 17.4. The lowest BCUT2D eigenvalue weighted by Crippen LogP contribution is -2.54. The van der Waals surface area contributed by atoms with E-state index in [1.54, 1.807) is 21.5 Å². The normalized spacial score (nSPS) is 19.4. The van der Waals surface area contributed by atoms with Gasteiger partial charge in [0.2, 0.25) is 0 Å². The van der Waals surface area contributed by atoms with Crippen LogP contribution < -0.4 is 15.0 Å².